The van der Waals surface area contributed by atoms with Crippen LogP contribution in [0.3, 0.4) is 0 Å². The number of carboxylic acids is 1. The minimum Gasteiger partial charge on any atom is -0.652 e. The molecule has 9 heavy (non-hydrogen) atoms. The molecule has 0 spiro atoms. The Bertz CT molecular complexity index is 70.2. The van der Waals surface area contributed by atoms with E-state index in [1.165, 1.54) is 0 Å². The summed E-state index contributed by atoms with van der Waals surface area (Å²) in [6.07, 6.45) is -2.33. The quantitative estimate of drug-likeness (QED) is 0.421. The third-order valence-corrected chi connectivity index (χ3v) is 0. The standard InChI is InChI=1S/C2H4O2.CH2O3.Pb/c1-2(3)4;2-1(3)4;/h1H3,(H,3,4);(H2,2,3,4);/p-3. The summed E-state index contributed by atoms with van der Waals surface area (Å²) in [5, 5.41) is 25.6. The van der Waals surface area contributed by atoms with Gasteiger partial charge in [-0.15, -0.1) is 0 Å². The SMILES string of the molecule is CC(=O)[O-].O=C([O-])[O-].[Pb]. The summed E-state index contributed by atoms with van der Waals surface area (Å²) in [6, 6.07) is 0. The summed E-state index contributed by atoms with van der Waals surface area (Å²) in [4.78, 5) is 17.2. The summed E-state index contributed by atoms with van der Waals surface area (Å²) in [7, 11) is 0. The molecule has 4 radical (unpaired) electrons. The molecule has 0 unspecified atom stereocenters. The van der Waals surface area contributed by atoms with E-state index in [-0.39, 0.29) is 27.3 Å². The molecule has 0 saturated heterocycles. The number of hydrogen-bond acceptors (Lipinski definition) is 5. The Hall–Kier alpha value is -0.338. The van der Waals surface area contributed by atoms with Gasteiger partial charge in [-0.05, 0) is 13.1 Å². The van der Waals surface area contributed by atoms with E-state index in [2.05, 4.69) is 0 Å². The second kappa shape index (κ2) is 10.6. The number of hydrogen-bond donors (Lipinski definition) is 0. The van der Waals surface area contributed by atoms with Crippen molar-refractivity contribution < 1.29 is 24.9 Å². The van der Waals surface area contributed by atoms with Gasteiger partial charge in [-0.2, -0.15) is 0 Å². The predicted molar refractivity (Wildman–Crippen MR) is 21.8 cm³/mol. The molecule has 0 bridgehead atoms. The zero-order chi connectivity index (χ0) is 7.15. The molecular weight excluding hydrogens is 323 g/mol. The van der Waals surface area contributed by atoms with Crippen LogP contribution in [0.2, 0.25) is 0 Å². The van der Waals surface area contributed by atoms with Crippen molar-refractivity contribution in [3.63, 3.8) is 0 Å². The largest absolute Gasteiger partial charge is 0.652 e. The first-order valence-corrected chi connectivity index (χ1v) is 1.52. The van der Waals surface area contributed by atoms with Crippen LogP contribution in [0.15, 0.2) is 0 Å². The van der Waals surface area contributed by atoms with Gasteiger partial charge in [0, 0.05) is 33.3 Å². The maximum Gasteiger partial charge on any atom is 0.0383 e. The van der Waals surface area contributed by atoms with E-state index >= 15 is 0 Å². The number of carbonyl (C=O) groups is 2. The molecule has 0 N–H and O–H groups in total. The first-order chi connectivity index (χ1) is 3.46. The average Bonchev–Trinajstić information content (AvgIpc) is 1.25. The maximum absolute atomic E-state index is 8.89. The van der Waals surface area contributed by atoms with Crippen LogP contribution in [0, 0.1) is 0 Å². The molecule has 0 fully saturated rings. The van der Waals surface area contributed by atoms with Crippen molar-refractivity contribution in [1.82, 2.24) is 0 Å². The van der Waals surface area contributed by atoms with Crippen molar-refractivity contribution in [2.75, 3.05) is 0 Å². The van der Waals surface area contributed by atoms with Crippen molar-refractivity contribution in [3.8, 4) is 0 Å². The fourth-order valence-electron chi connectivity index (χ4n) is 0. The normalized spacial score (nSPS) is 5.44. The van der Waals surface area contributed by atoms with Crippen LogP contribution in [0.4, 0.5) is 4.79 Å². The Balaban J connectivity index is -0.0000000720. The van der Waals surface area contributed by atoms with Gasteiger partial charge in [0.2, 0.25) is 0 Å². The van der Waals surface area contributed by atoms with Crippen LogP contribution in [0.5, 0.6) is 0 Å². The average molecular weight is 326 g/mol. The van der Waals surface area contributed by atoms with E-state index in [4.69, 9.17) is 24.9 Å². The number of rotatable bonds is 0. The second-order valence-electron chi connectivity index (χ2n) is 0.742. The molecule has 0 atom stereocenters. The van der Waals surface area contributed by atoms with E-state index in [0.29, 0.717) is 0 Å². The van der Waals surface area contributed by atoms with Crippen LogP contribution in [-0.4, -0.2) is 39.4 Å². The molecule has 5 nitrogen and oxygen atoms in total. The Morgan fingerprint density at radius 1 is 1.11 bits per heavy atom. The molecule has 0 aliphatic rings. The van der Waals surface area contributed by atoms with E-state index < -0.39 is 12.1 Å². The van der Waals surface area contributed by atoms with Gasteiger partial charge in [0.05, 0.1) is 0 Å². The Labute approximate surface area is 71.5 Å². The van der Waals surface area contributed by atoms with Gasteiger partial charge in [-0.1, -0.05) is 0 Å². The Morgan fingerprint density at radius 2 is 1.11 bits per heavy atom. The first-order valence-electron chi connectivity index (χ1n) is 1.52. The van der Waals surface area contributed by atoms with E-state index in [9.17, 15) is 0 Å². The van der Waals surface area contributed by atoms with Gasteiger partial charge in [0.15, 0.2) is 0 Å². The molecule has 0 aromatic carbocycles. The third kappa shape index (κ3) is 2150. The minimum absolute atomic E-state index is 0. The zero-order valence-corrected chi connectivity index (χ0v) is 8.43. The Kier molecular flexibility index (Phi) is 18.7. The van der Waals surface area contributed by atoms with Gasteiger partial charge in [0.25, 0.3) is 0 Å². The predicted octanol–water partition coefficient (Wildman–Crippen LogP) is -4.07. The topological polar surface area (TPSA) is 103 Å². The molecule has 0 saturated carbocycles. The van der Waals surface area contributed by atoms with Gasteiger partial charge in [0.1, 0.15) is 0 Å². The smallest absolute Gasteiger partial charge is 0.0383 e. The van der Waals surface area contributed by atoms with E-state index in [1.807, 2.05) is 0 Å². The molecule has 52 valence electrons. The summed E-state index contributed by atoms with van der Waals surface area (Å²) >= 11 is 0. The van der Waals surface area contributed by atoms with Crippen molar-refractivity contribution in [2.24, 2.45) is 0 Å². The van der Waals surface area contributed by atoms with Gasteiger partial charge < -0.3 is 24.9 Å². The van der Waals surface area contributed by atoms with Gasteiger partial charge >= 0.3 is 0 Å². The summed E-state index contributed by atoms with van der Waals surface area (Å²) in [5.74, 6) is -1.08. The molecule has 0 aromatic rings. The van der Waals surface area contributed by atoms with E-state index in [0.717, 1.165) is 6.92 Å². The molecule has 0 rings (SSSR count). The van der Waals surface area contributed by atoms with Crippen molar-refractivity contribution in [3.05, 3.63) is 0 Å². The fraction of sp³-hybridized carbons (Fsp3) is 0.333. The second-order valence-corrected chi connectivity index (χ2v) is 0.742. The molecule has 6 heteroatoms. The van der Waals surface area contributed by atoms with Crippen LogP contribution >= 0.6 is 0 Å². The first kappa shape index (κ1) is 15.9. The maximum atomic E-state index is 8.89. The minimum atomic E-state index is -2.33. The molecule has 0 aromatic heterocycles. The van der Waals surface area contributed by atoms with Crippen molar-refractivity contribution in [2.45, 2.75) is 6.92 Å². The van der Waals surface area contributed by atoms with E-state index in [1.54, 1.807) is 0 Å². The Morgan fingerprint density at radius 3 is 1.11 bits per heavy atom. The number of carboxylic acid groups (broad SMARTS) is 3. The summed E-state index contributed by atoms with van der Waals surface area (Å²) < 4.78 is 0. The summed E-state index contributed by atoms with van der Waals surface area (Å²) in [6.45, 7) is 0.972. The monoisotopic (exact) mass is 327 g/mol. The van der Waals surface area contributed by atoms with Crippen LogP contribution in [0.25, 0.3) is 0 Å². The number of carbonyl (C=O) groups excluding carboxylic acids is 2. The van der Waals surface area contributed by atoms with Crippen LogP contribution in [0.1, 0.15) is 6.92 Å². The van der Waals surface area contributed by atoms with Gasteiger partial charge in [-0.3, -0.25) is 0 Å². The molecule has 0 amide bonds. The van der Waals surface area contributed by atoms with Crippen molar-refractivity contribution >= 4 is 39.4 Å². The molecule has 0 aliphatic heterocycles. The zero-order valence-electron chi connectivity index (χ0n) is 4.54. The number of aliphatic carboxylic acids is 1. The third-order valence-electron chi connectivity index (χ3n) is 0. The molecule has 0 heterocycles. The fourth-order valence-corrected chi connectivity index (χ4v) is 0. The summed E-state index contributed by atoms with van der Waals surface area (Å²) in [5.41, 5.74) is 0. The molecular formula is C3H3O5Pb-3. The van der Waals surface area contributed by atoms with Crippen LogP contribution in [-0.2, 0) is 4.79 Å². The van der Waals surface area contributed by atoms with Gasteiger partial charge in [-0.25, -0.2) is 0 Å². The van der Waals surface area contributed by atoms with Crippen LogP contribution < -0.4 is 15.3 Å². The van der Waals surface area contributed by atoms with Crippen molar-refractivity contribution in [1.29, 1.82) is 0 Å². The molecule has 0 aliphatic carbocycles.